The van der Waals surface area contributed by atoms with Crippen molar-refractivity contribution in [1.82, 2.24) is 4.90 Å². The Balaban J connectivity index is 3.20. The van der Waals surface area contributed by atoms with Crippen LogP contribution in [-0.4, -0.2) is 32.1 Å². The summed E-state index contributed by atoms with van der Waals surface area (Å²) in [6, 6.07) is 8.54. The van der Waals surface area contributed by atoms with Crippen LogP contribution in [-0.2, 0) is 5.54 Å². The highest BCUT2D eigenvalue weighted by molar-refractivity contribution is 5.34. The molecule has 3 heteroatoms. The lowest BCUT2D eigenvalue weighted by molar-refractivity contribution is 0.157. The molecule has 0 fully saturated rings. The molecule has 0 aliphatic heterocycles. The summed E-state index contributed by atoms with van der Waals surface area (Å²) in [7, 11) is 5.93. The number of ether oxygens (including phenoxy) is 1. The largest absolute Gasteiger partial charge is 0.497 e. The number of benzene rings is 1. The van der Waals surface area contributed by atoms with E-state index in [-0.39, 0.29) is 5.54 Å². The van der Waals surface area contributed by atoms with Crippen LogP contribution in [0.2, 0.25) is 0 Å². The molecule has 0 heterocycles. The number of unbranched alkanes of at least 4 members (excludes halogenated alkanes) is 1. The standard InChI is InChI=1S/C17H30N2O/c1-6-8-12-17(18,16(7-2)19(3)4)14-10-9-11-15(13-14)20-5/h9-11,13,16H,6-8,12,18H2,1-5H3. The Hall–Kier alpha value is -1.06. The van der Waals surface area contributed by atoms with Crippen molar-refractivity contribution in [3.05, 3.63) is 29.8 Å². The maximum Gasteiger partial charge on any atom is 0.119 e. The van der Waals surface area contributed by atoms with Gasteiger partial charge >= 0.3 is 0 Å². The molecule has 1 aromatic carbocycles. The van der Waals surface area contributed by atoms with Gasteiger partial charge in [-0.3, -0.25) is 0 Å². The molecule has 114 valence electrons. The van der Waals surface area contributed by atoms with Crippen molar-refractivity contribution in [3.8, 4) is 5.75 Å². The molecule has 0 saturated heterocycles. The van der Waals surface area contributed by atoms with E-state index >= 15 is 0 Å². The molecular formula is C17H30N2O. The van der Waals surface area contributed by atoms with Gasteiger partial charge in [0.2, 0.25) is 0 Å². The summed E-state index contributed by atoms with van der Waals surface area (Å²) in [5.41, 5.74) is 7.73. The van der Waals surface area contributed by atoms with E-state index in [0.29, 0.717) is 6.04 Å². The van der Waals surface area contributed by atoms with Crippen molar-refractivity contribution in [2.24, 2.45) is 5.73 Å². The highest BCUT2D eigenvalue weighted by atomic mass is 16.5. The van der Waals surface area contributed by atoms with E-state index in [1.54, 1.807) is 7.11 Å². The molecule has 0 amide bonds. The van der Waals surface area contributed by atoms with Gasteiger partial charge in [0.1, 0.15) is 5.75 Å². The number of likely N-dealkylation sites (N-methyl/N-ethyl adjacent to an activating group) is 1. The Bertz CT molecular complexity index is 406. The molecule has 2 unspecified atom stereocenters. The van der Waals surface area contributed by atoms with E-state index in [1.165, 1.54) is 5.56 Å². The molecule has 0 radical (unpaired) electrons. The number of nitrogens with two attached hydrogens (primary N) is 1. The third-order valence-electron chi connectivity index (χ3n) is 4.16. The number of hydrogen-bond acceptors (Lipinski definition) is 3. The molecular weight excluding hydrogens is 248 g/mol. The van der Waals surface area contributed by atoms with Gasteiger partial charge in [0.15, 0.2) is 0 Å². The summed E-state index contributed by atoms with van der Waals surface area (Å²) in [6.45, 7) is 4.42. The third-order valence-corrected chi connectivity index (χ3v) is 4.16. The highest BCUT2D eigenvalue weighted by Crippen LogP contribution is 2.33. The van der Waals surface area contributed by atoms with Crippen LogP contribution in [0.5, 0.6) is 5.75 Å². The fourth-order valence-corrected chi connectivity index (χ4v) is 3.08. The second kappa shape index (κ2) is 7.65. The molecule has 1 aromatic rings. The zero-order chi connectivity index (χ0) is 15.2. The summed E-state index contributed by atoms with van der Waals surface area (Å²) in [4.78, 5) is 2.25. The molecule has 20 heavy (non-hydrogen) atoms. The SMILES string of the molecule is CCCCC(N)(c1cccc(OC)c1)C(CC)N(C)C. The lowest BCUT2D eigenvalue weighted by Gasteiger charge is -2.41. The molecule has 0 saturated carbocycles. The second-order valence-electron chi connectivity index (χ2n) is 5.76. The fraction of sp³-hybridized carbons (Fsp3) is 0.647. The van der Waals surface area contributed by atoms with Crippen LogP contribution in [0.1, 0.15) is 45.1 Å². The van der Waals surface area contributed by atoms with Gasteiger partial charge in [-0.15, -0.1) is 0 Å². The minimum Gasteiger partial charge on any atom is -0.497 e. The average Bonchev–Trinajstić information content (AvgIpc) is 2.45. The Kier molecular flexibility index (Phi) is 6.50. The normalized spacial score (nSPS) is 15.9. The van der Waals surface area contributed by atoms with E-state index in [9.17, 15) is 0 Å². The zero-order valence-electron chi connectivity index (χ0n) is 13.6. The summed E-state index contributed by atoms with van der Waals surface area (Å²) >= 11 is 0. The first-order chi connectivity index (χ1) is 9.49. The van der Waals surface area contributed by atoms with Gasteiger partial charge < -0.3 is 15.4 Å². The molecule has 2 N–H and O–H groups in total. The lowest BCUT2D eigenvalue weighted by atomic mass is 9.78. The minimum absolute atomic E-state index is 0.321. The average molecular weight is 278 g/mol. The van der Waals surface area contributed by atoms with Crippen molar-refractivity contribution in [3.63, 3.8) is 0 Å². The van der Waals surface area contributed by atoms with Gasteiger partial charge in [-0.25, -0.2) is 0 Å². The van der Waals surface area contributed by atoms with E-state index < -0.39 is 0 Å². The fourth-order valence-electron chi connectivity index (χ4n) is 3.08. The smallest absolute Gasteiger partial charge is 0.119 e. The lowest BCUT2D eigenvalue weighted by Crippen LogP contribution is -2.53. The Labute approximate surface area is 124 Å². The Morgan fingerprint density at radius 1 is 1.30 bits per heavy atom. The van der Waals surface area contributed by atoms with E-state index in [2.05, 4.69) is 45.0 Å². The molecule has 2 atom stereocenters. The second-order valence-corrected chi connectivity index (χ2v) is 5.76. The van der Waals surface area contributed by atoms with Gasteiger partial charge in [-0.1, -0.05) is 38.8 Å². The summed E-state index contributed by atoms with van der Waals surface area (Å²) in [5.74, 6) is 0.877. The molecule has 0 spiro atoms. The predicted octanol–water partition coefficient (Wildman–Crippen LogP) is 3.38. The van der Waals surface area contributed by atoms with Gasteiger partial charge in [0, 0.05) is 6.04 Å². The van der Waals surface area contributed by atoms with Gasteiger partial charge in [0.25, 0.3) is 0 Å². The molecule has 0 aliphatic carbocycles. The monoisotopic (exact) mass is 278 g/mol. The van der Waals surface area contributed by atoms with Crippen LogP contribution in [0.15, 0.2) is 24.3 Å². The van der Waals surface area contributed by atoms with Crippen molar-refractivity contribution in [2.45, 2.75) is 51.1 Å². The topological polar surface area (TPSA) is 38.5 Å². The maximum atomic E-state index is 6.89. The predicted molar refractivity (Wildman–Crippen MR) is 86.2 cm³/mol. The van der Waals surface area contributed by atoms with E-state index in [1.807, 2.05) is 12.1 Å². The zero-order valence-corrected chi connectivity index (χ0v) is 13.6. The molecule has 1 rings (SSSR count). The first kappa shape index (κ1) is 17.0. The minimum atomic E-state index is -0.331. The first-order valence-corrected chi connectivity index (χ1v) is 7.59. The van der Waals surface area contributed by atoms with Crippen LogP contribution in [0.25, 0.3) is 0 Å². The van der Waals surface area contributed by atoms with Crippen LogP contribution < -0.4 is 10.5 Å². The quantitative estimate of drug-likeness (QED) is 0.792. The molecule has 0 aliphatic rings. The van der Waals surface area contributed by atoms with Crippen LogP contribution in [0.4, 0.5) is 0 Å². The number of methoxy groups -OCH3 is 1. The summed E-state index contributed by atoms with van der Waals surface area (Å²) < 4.78 is 5.36. The van der Waals surface area contributed by atoms with Crippen molar-refractivity contribution in [1.29, 1.82) is 0 Å². The van der Waals surface area contributed by atoms with Crippen LogP contribution >= 0.6 is 0 Å². The molecule has 0 bridgehead atoms. The number of nitrogens with zero attached hydrogens (tertiary/aromatic N) is 1. The summed E-state index contributed by atoms with van der Waals surface area (Å²) in [6.07, 6.45) is 4.32. The molecule has 0 aromatic heterocycles. The van der Waals surface area contributed by atoms with E-state index in [4.69, 9.17) is 10.5 Å². The molecule has 3 nitrogen and oxygen atoms in total. The van der Waals surface area contributed by atoms with Crippen LogP contribution in [0.3, 0.4) is 0 Å². The van der Waals surface area contributed by atoms with Crippen molar-refractivity contribution < 1.29 is 4.74 Å². The van der Waals surface area contributed by atoms with E-state index in [0.717, 1.165) is 31.4 Å². The number of hydrogen-bond donors (Lipinski definition) is 1. The van der Waals surface area contributed by atoms with Gasteiger partial charge in [-0.05, 0) is 44.6 Å². The van der Waals surface area contributed by atoms with Crippen LogP contribution in [0, 0.1) is 0 Å². The summed E-state index contributed by atoms with van der Waals surface area (Å²) in [5, 5.41) is 0. The van der Waals surface area contributed by atoms with Gasteiger partial charge in [0.05, 0.1) is 12.6 Å². The maximum absolute atomic E-state index is 6.89. The van der Waals surface area contributed by atoms with Crippen molar-refractivity contribution in [2.75, 3.05) is 21.2 Å². The highest BCUT2D eigenvalue weighted by Gasteiger charge is 2.36. The Morgan fingerprint density at radius 2 is 2.00 bits per heavy atom. The first-order valence-electron chi connectivity index (χ1n) is 7.59. The third kappa shape index (κ3) is 3.74. The van der Waals surface area contributed by atoms with Crippen molar-refractivity contribution >= 4 is 0 Å². The van der Waals surface area contributed by atoms with Gasteiger partial charge in [-0.2, -0.15) is 0 Å². The Morgan fingerprint density at radius 3 is 2.50 bits per heavy atom. The number of rotatable bonds is 8.